The molecule has 3 aromatic carbocycles. The van der Waals surface area contributed by atoms with Gasteiger partial charge in [-0.15, -0.1) is 5.10 Å². The number of aliphatic imine (C=N–C) groups is 1. The summed E-state index contributed by atoms with van der Waals surface area (Å²) in [6, 6.07) is 28.0. The maximum Gasteiger partial charge on any atom is 0.322 e. The number of carbonyl (C=O) groups excluding carboxylic acids is 1. The van der Waals surface area contributed by atoms with E-state index in [0.717, 1.165) is 11.3 Å². The van der Waals surface area contributed by atoms with Crippen LogP contribution in [0.25, 0.3) is 11.5 Å². The first-order valence-corrected chi connectivity index (χ1v) is 10.5. The number of para-hydroxylation sites is 1. The fourth-order valence-corrected chi connectivity index (χ4v) is 3.19. The van der Waals surface area contributed by atoms with E-state index in [1.807, 2.05) is 66.7 Å². The number of anilines is 3. The molecule has 0 atom stereocenters. The van der Waals surface area contributed by atoms with Crippen molar-refractivity contribution in [2.24, 2.45) is 4.99 Å². The minimum atomic E-state index is -0.354. The average molecular weight is 449 g/mol. The van der Waals surface area contributed by atoms with Crippen LogP contribution in [-0.2, 0) is 0 Å². The van der Waals surface area contributed by atoms with Crippen molar-refractivity contribution < 1.29 is 9.21 Å². The van der Waals surface area contributed by atoms with Gasteiger partial charge in [0.25, 0.3) is 11.8 Å². The highest BCUT2D eigenvalue weighted by Gasteiger charge is 2.22. The molecule has 34 heavy (non-hydrogen) atoms. The van der Waals surface area contributed by atoms with E-state index in [2.05, 4.69) is 36.0 Å². The zero-order chi connectivity index (χ0) is 23.2. The molecule has 0 aliphatic heterocycles. The zero-order valence-corrected chi connectivity index (χ0v) is 17.8. The Labute approximate surface area is 194 Å². The molecule has 3 N–H and O–H groups in total. The van der Waals surface area contributed by atoms with Crippen molar-refractivity contribution in [2.75, 3.05) is 10.6 Å². The van der Waals surface area contributed by atoms with Gasteiger partial charge in [-0.25, -0.2) is 4.99 Å². The molecule has 9 nitrogen and oxygen atoms in total. The van der Waals surface area contributed by atoms with Crippen LogP contribution < -0.4 is 10.6 Å². The van der Waals surface area contributed by atoms with Crippen molar-refractivity contribution in [3.05, 3.63) is 102 Å². The minimum absolute atomic E-state index is 0.0336. The predicted molar refractivity (Wildman–Crippen MR) is 130 cm³/mol. The summed E-state index contributed by atoms with van der Waals surface area (Å²) >= 11 is 0. The lowest BCUT2D eigenvalue weighted by Crippen LogP contribution is -2.11. The van der Waals surface area contributed by atoms with E-state index in [1.165, 1.54) is 0 Å². The van der Waals surface area contributed by atoms with Crippen molar-refractivity contribution in [3.8, 4) is 11.5 Å². The average Bonchev–Trinajstić information content (AvgIpc) is 3.51. The van der Waals surface area contributed by atoms with Gasteiger partial charge >= 0.3 is 6.01 Å². The lowest BCUT2D eigenvalue weighted by atomic mass is 10.2. The lowest BCUT2D eigenvalue weighted by molar-refractivity contribution is 0.102. The Hall–Kier alpha value is -5.05. The number of H-pyrrole nitrogens is 1. The summed E-state index contributed by atoms with van der Waals surface area (Å²) in [6.45, 7) is 0. The zero-order valence-electron chi connectivity index (χ0n) is 17.8. The van der Waals surface area contributed by atoms with Crippen molar-refractivity contribution in [1.82, 2.24) is 20.4 Å². The molecule has 0 saturated heterocycles. The Morgan fingerprint density at radius 3 is 2.29 bits per heavy atom. The van der Waals surface area contributed by atoms with Gasteiger partial charge in [0, 0.05) is 17.5 Å². The van der Waals surface area contributed by atoms with Gasteiger partial charge in [-0.2, -0.15) is 5.10 Å². The number of benzene rings is 3. The fourth-order valence-electron chi connectivity index (χ4n) is 3.19. The third kappa shape index (κ3) is 4.73. The van der Waals surface area contributed by atoms with E-state index in [0.29, 0.717) is 22.8 Å². The van der Waals surface area contributed by atoms with Crippen LogP contribution in [-0.4, -0.2) is 32.5 Å². The molecule has 0 radical (unpaired) electrons. The second-order valence-electron chi connectivity index (χ2n) is 7.19. The monoisotopic (exact) mass is 449 g/mol. The number of nitrogens with one attached hydrogen (secondary N) is 3. The van der Waals surface area contributed by atoms with Gasteiger partial charge in [-0.05, 0) is 29.8 Å². The van der Waals surface area contributed by atoms with Gasteiger partial charge < -0.3 is 9.73 Å². The number of hydrogen-bond donors (Lipinski definition) is 3. The predicted octanol–water partition coefficient (Wildman–Crippen LogP) is 5.21. The minimum Gasteiger partial charge on any atom is -0.403 e. The van der Waals surface area contributed by atoms with Crippen LogP contribution in [0.5, 0.6) is 0 Å². The van der Waals surface area contributed by atoms with Crippen molar-refractivity contribution in [3.63, 3.8) is 0 Å². The molecular formula is C25H19N7O2. The van der Waals surface area contributed by atoms with Gasteiger partial charge in [0.15, 0.2) is 5.82 Å². The van der Waals surface area contributed by atoms with Crippen molar-refractivity contribution >= 4 is 35.5 Å². The number of hydrogen-bond acceptors (Lipinski definition) is 7. The molecule has 5 rings (SSSR count). The van der Waals surface area contributed by atoms with Crippen LogP contribution in [0.4, 0.5) is 23.3 Å². The largest absolute Gasteiger partial charge is 0.403 e. The summed E-state index contributed by atoms with van der Waals surface area (Å²) in [5.74, 6) is 0.673. The summed E-state index contributed by atoms with van der Waals surface area (Å²) in [6.07, 6.45) is 1.69. The highest BCUT2D eigenvalue weighted by atomic mass is 16.4. The third-order valence-corrected chi connectivity index (χ3v) is 4.82. The number of rotatable bonds is 7. The number of carbonyl (C=O) groups is 1. The Morgan fingerprint density at radius 1 is 0.882 bits per heavy atom. The molecule has 0 spiro atoms. The summed E-state index contributed by atoms with van der Waals surface area (Å²) in [5.41, 5.74) is 2.70. The van der Waals surface area contributed by atoms with Gasteiger partial charge in [0.05, 0.1) is 0 Å². The molecule has 0 aliphatic carbocycles. The van der Waals surface area contributed by atoms with Gasteiger partial charge in [0.1, 0.15) is 11.4 Å². The molecule has 0 bridgehead atoms. The van der Waals surface area contributed by atoms with E-state index >= 15 is 0 Å². The quantitative estimate of drug-likeness (QED) is 0.293. The number of amides is 1. The molecule has 5 aromatic rings. The number of aromatic nitrogens is 4. The molecule has 9 heteroatoms. The van der Waals surface area contributed by atoms with E-state index in [1.54, 1.807) is 30.5 Å². The molecule has 0 unspecified atom stereocenters. The maximum absolute atomic E-state index is 12.5. The van der Waals surface area contributed by atoms with Crippen molar-refractivity contribution in [1.29, 1.82) is 0 Å². The topological polar surface area (TPSA) is 121 Å². The molecular weight excluding hydrogens is 430 g/mol. The summed E-state index contributed by atoms with van der Waals surface area (Å²) < 4.78 is 5.76. The molecule has 1 amide bonds. The fraction of sp³-hybridized carbons (Fsp3) is 0. The second-order valence-corrected chi connectivity index (χ2v) is 7.19. The van der Waals surface area contributed by atoms with Crippen LogP contribution in [0.2, 0.25) is 0 Å². The maximum atomic E-state index is 12.5. The molecule has 0 saturated carbocycles. The first-order chi connectivity index (χ1) is 16.8. The number of nitrogens with zero attached hydrogens (tertiary/aromatic N) is 4. The highest BCUT2D eigenvalue weighted by Crippen LogP contribution is 2.36. The lowest BCUT2D eigenvalue weighted by Gasteiger charge is -2.04. The van der Waals surface area contributed by atoms with E-state index < -0.39 is 0 Å². The van der Waals surface area contributed by atoms with Gasteiger partial charge in [-0.3, -0.25) is 15.2 Å². The Bertz CT molecular complexity index is 1410. The Kier molecular flexibility index (Phi) is 5.89. The first kappa shape index (κ1) is 20.8. The molecule has 166 valence electrons. The second kappa shape index (κ2) is 9.61. The molecule has 2 aromatic heterocycles. The summed E-state index contributed by atoms with van der Waals surface area (Å²) in [4.78, 5) is 17.0. The molecule has 2 heterocycles. The highest BCUT2D eigenvalue weighted by molar-refractivity contribution is 6.03. The number of aromatic amines is 1. The molecule has 0 aliphatic rings. The van der Waals surface area contributed by atoms with Crippen LogP contribution in [0.3, 0.4) is 0 Å². The Balaban J connectivity index is 1.46. The van der Waals surface area contributed by atoms with Crippen molar-refractivity contribution in [2.45, 2.75) is 0 Å². The van der Waals surface area contributed by atoms with Gasteiger partial charge in [-0.1, -0.05) is 71.8 Å². The van der Waals surface area contributed by atoms with E-state index in [4.69, 9.17) is 4.42 Å². The smallest absolute Gasteiger partial charge is 0.322 e. The molecule has 0 fully saturated rings. The van der Waals surface area contributed by atoms with E-state index in [9.17, 15) is 4.79 Å². The summed E-state index contributed by atoms with van der Waals surface area (Å²) in [7, 11) is 0. The summed E-state index contributed by atoms with van der Waals surface area (Å²) in [5, 5.41) is 21.2. The standard InChI is InChI=1S/C25H19N7O2/c33-23(18-12-6-2-7-13-18)28-25-32-31-24(34-25)20-21(26-16-17-10-4-1-5-11-17)29-30-22(20)27-19-14-8-3-9-15-19/h1-16H,(H2,27,29,30)(H,28,32,33). The normalized spacial score (nSPS) is 10.9. The SMILES string of the molecule is O=C(Nc1nnc(-c2c(N=Cc3ccccc3)n[nH]c2Nc2ccccc2)o1)c1ccccc1. The van der Waals surface area contributed by atoms with E-state index in [-0.39, 0.29) is 17.8 Å². The van der Waals surface area contributed by atoms with Crippen LogP contribution in [0, 0.1) is 0 Å². The van der Waals surface area contributed by atoms with Crippen LogP contribution in [0.15, 0.2) is 100 Å². The van der Waals surface area contributed by atoms with Crippen LogP contribution in [0.1, 0.15) is 15.9 Å². The van der Waals surface area contributed by atoms with Crippen LogP contribution >= 0.6 is 0 Å². The Morgan fingerprint density at radius 2 is 1.56 bits per heavy atom. The third-order valence-electron chi connectivity index (χ3n) is 4.82. The van der Waals surface area contributed by atoms with Gasteiger partial charge in [0.2, 0.25) is 0 Å². The first-order valence-electron chi connectivity index (χ1n) is 10.5.